The summed E-state index contributed by atoms with van der Waals surface area (Å²) in [4.78, 5) is 12.5. The van der Waals surface area contributed by atoms with Crippen LogP contribution in [0, 0.1) is 6.92 Å². The molecule has 18 heavy (non-hydrogen) atoms. The smallest absolute Gasteiger partial charge is 0.224 e. The molecule has 1 aromatic heterocycles. The average Bonchev–Trinajstić information content (AvgIpc) is 2.37. The maximum Gasteiger partial charge on any atom is 0.224 e. The molecule has 2 N–H and O–H groups in total. The van der Waals surface area contributed by atoms with Gasteiger partial charge >= 0.3 is 0 Å². The summed E-state index contributed by atoms with van der Waals surface area (Å²) in [6, 6.07) is 8.50. The van der Waals surface area contributed by atoms with Gasteiger partial charge < -0.3 is 5.73 Å². The summed E-state index contributed by atoms with van der Waals surface area (Å²) in [5.41, 5.74) is 8.20. The SMILES string of the molecule is CSc1nc(N)nc(CCc2ccc(C)cc2)n1. The summed E-state index contributed by atoms with van der Waals surface area (Å²) >= 11 is 1.48. The Bertz CT molecular complexity index is 525. The highest BCUT2D eigenvalue weighted by atomic mass is 32.2. The highest BCUT2D eigenvalue weighted by molar-refractivity contribution is 7.98. The van der Waals surface area contributed by atoms with Gasteiger partial charge in [-0.2, -0.15) is 9.97 Å². The van der Waals surface area contributed by atoms with Crippen molar-refractivity contribution in [3.05, 3.63) is 41.2 Å². The number of nitrogen functional groups attached to an aromatic ring is 1. The molecule has 2 rings (SSSR count). The molecule has 0 aliphatic rings. The van der Waals surface area contributed by atoms with Crippen molar-refractivity contribution in [3.63, 3.8) is 0 Å². The molecule has 0 amide bonds. The summed E-state index contributed by atoms with van der Waals surface area (Å²) in [7, 11) is 0. The fourth-order valence-corrected chi connectivity index (χ4v) is 2.01. The monoisotopic (exact) mass is 260 g/mol. The van der Waals surface area contributed by atoms with Gasteiger partial charge in [0.05, 0.1) is 0 Å². The summed E-state index contributed by atoms with van der Waals surface area (Å²) in [5, 5.41) is 0.682. The van der Waals surface area contributed by atoms with Gasteiger partial charge in [0.1, 0.15) is 5.82 Å². The van der Waals surface area contributed by atoms with Crippen molar-refractivity contribution in [2.24, 2.45) is 0 Å². The molecule has 4 nitrogen and oxygen atoms in total. The Kier molecular flexibility index (Phi) is 4.15. The van der Waals surface area contributed by atoms with Crippen LogP contribution in [0.1, 0.15) is 17.0 Å². The van der Waals surface area contributed by atoms with Crippen molar-refractivity contribution < 1.29 is 0 Å². The van der Waals surface area contributed by atoms with Crippen molar-refractivity contribution in [2.75, 3.05) is 12.0 Å². The maximum absolute atomic E-state index is 5.65. The van der Waals surface area contributed by atoms with E-state index in [9.17, 15) is 0 Å². The molecule has 1 heterocycles. The third kappa shape index (κ3) is 3.43. The fraction of sp³-hybridized carbons (Fsp3) is 0.308. The molecule has 0 saturated heterocycles. The number of aromatic nitrogens is 3. The molecule has 0 fully saturated rings. The Labute approximate surface area is 111 Å². The molecule has 94 valence electrons. The van der Waals surface area contributed by atoms with Crippen molar-refractivity contribution in [1.29, 1.82) is 0 Å². The first kappa shape index (κ1) is 12.8. The lowest BCUT2D eigenvalue weighted by atomic mass is 10.1. The lowest BCUT2D eigenvalue weighted by Gasteiger charge is -2.04. The highest BCUT2D eigenvalue weighted by Gasteiger charge is 2.04. The standard InChI is InChI=1S/C13H16N4S/c1-9-3-5-10(6-4-9)7-8-11-15-12(14)17-13(16-11)18-2/h3-6H,7-8H2,1-2H3,(H2,14,15,16,17). The van der Waals surface area contributed by atoms with Crippen LogP contribution in [-0.2, 0) is 12.8 Å². The van der Waals surface area contributed by atoms with E-state index in [2.05, 4.69) is 46.1 Å². The van der Waals surface area contributed by atoms with Crippen LogP contribution in [0.3, 0.4) is 0 Å². The van der Waals surface area contributed by atoms with E-state index in [1.807, 2.05) is 6.26 Å². The minimum Gasteiger partial charge on any atom is -0.368 e. The predicted molar refractivity (Wildman–Crippen MR) is 74.6 cm³/mol. The number of anilines is 1. The van der Waals surface area contributed by atoms with Crippen LogP contribution < -0.4 is 5.73 Å². The van der Waals surface area contributed by atoms with Crippen molar-refractivity contribution in [1.82, 2.24) is 15.0 Å². The zero-order valence-corrected chi connectivity index (χ0v) is 11.4. The molecule has 0 saturated carbocycles. The number of nitrogens with zero attached hydrogens (tertiary/aromatic N) is 3. The Morgan fingerprint density at radius 3 is 2.44 bits per heavy atom. The van der Waals surface area contributed by atoms with Crippen LogP contribution in [0.5, 0.6) is 0 Å². The van der Waals surface area contributed by atoms with Gasteiger partial charge in [-0.1, -0.05) is 41.6 Å². The van der Waals surface area contributed by atoms with Gasteiger partial charge in [-0.3, -0.25) is 0 Å². The normalized spacial score (nSPS) is 10.6. The molecular formula is C13H16N4S. The number of aryl methyl sites for hydroxylation is 3. The van der Waals surface area contributed by atoms with E-state index in [0.29, 0.717) is 11.1 Å². The fourth-order valence-electron chi connectivity index (χ4n) is 1.63. The first-order chi connectivity index (χ1) is 8.67. The second-order valence-corrected chi connectivity index (χ2v) is 4.86. The van der Waals surface area contributed by atoms with Crippen molar-refractivity contribution in [2.45, 2.75) is 24.9 Å². The van der Waals surface area contributed by atoms with Crippen molar-refractivity contribution in [3.8, 4) is 0 Å². The minimum absolute atomic E-state index is 0.299. The number of hydrogen-bond donors (Lipinski definition) is 1. The molecular weight excluding hydrogens is 244 g/mol. The predicted octanol–water partition coefficient (Wildman–Crippen LogP) is 2.27. The van der Waals surface area contributed by atoms with E-state index in [1.54, 1.807) is 0 Å². The molecule has 0 aliphatic carbocycles. The molecule has 2 aromatic rings. The third-order valence-electron chi connectivity index (χ3n) is 2.62. The molecule has 5 heteroatoms. The van der Waals surface area contributed by atoms with Gasteiger partial charge in [0.25, 0.3) is 0 Å². The number of benzene rings is 1. The second-order valence-electron chi connectivity index (χ2n) is 4.08. The van der Waals surface area contributed by atoms with Crippen LogP contribution in [0.25, 0.3) is 0 Å². The average molecular weight is 260 g/mol. The molecule has 0 radical (unpaired) electrons. The Morgan fingerprint density at radius 2 is 1.78 bits per heavy atom. The van der Waals surface area contributed by atoms with Crippen molar-refractivity contribution >= 4 is 17.7 Å². The van der Waals surface area contributed by atoms with E-state index >= 15 is 0 Å². The first-order valence-corrected chi connectivity index (χ1v) is 7.00. The van der Waals surface area contributed by atoms with Gasteiger partial charge in [0.15, 0.2) is 5.16 Å². The molecule has 0 unspecified atom stereocenters. The molecule has 0 atom stereocenters. The Balaban J connectivity index is 2.05. The third-order valence-corrected chi connectivity index (χ3v) is 3.17. The molecule has 0 aliphatic heterocycles. The summed E-state index contributed by atoms with van der Waals surface area (Å²) in [5.74, 6) is 1.06. The largest absolute Gasteiger partial charge is 0.368 e. The maximum atomic E-state index is 5.65. The van der Waals surface area contributed by atoms with Crippen LogP contribution in [0.15, 0.2) is 29.4 Å². The second kappa shape index (κ2) is 5.82. The highest BCUT2D eigenvalue weighted by Crippen LogP contribution is 2.11. The minimum atomic E-state index is 0.299. The van der Waals surface area contributed by atoms with E-state index in [1.165, 1.54) is 22.9 Å². The van der Waals surface area contributed by atoms with Crippen LogP contribution in [0.4, 0.5) is 5.95 Å². The summed E-state index contributed by atoms with van der Waals surface area (Å²) in [6.45, 7) is 2.08. The van der Waals surface area contributed by atoms with E-state index in [4.69, 9.17) is 5.73 Å². The van der Waals surface area contributed by atoms with E-state index in [-0.39, 0.29) is 0 Å². The van der Waals surface area contributed by atoms with Crippen LogP contribution >= 0.6 is 11.8 Å². The zero-order valence-electron chi connectivity index (χ0n) is 10.6. The number of nitrogens with two attached hydrogens (primary N) is 1. The Morgan fingerprint density at radius 1 is 1.06 bits per heavy atom. The topological polar surface area (TPSA) is 64.7 Å². The van der Waals surface area contributed by atoms with E-state index in [0.717, 1.165) is 18.7 Å². The number of thioether (sulfide) groups is 1. The number of rotatable bonds is 4. The van der Waals surface area contributed by atoms with Gasteiger partial charge in [0.2, 0.25) is 5.95 Å². The lowest BCUT2D eigenvalue weighted by Crippen LogP contribution is -2.05. The van der Waals surface area contributed by atoms with Gasteiger partial charge in [-0.25, -0.2) is 4.98 Å². The van der Waals surface area contributed by atoms with Crippen LogP contribution in [-0.4, -0.2) is 21.2 Å². The van der Waals surface area contributed by atoms with Gasteiger partial charge in [0, 0.05) is 6.42 Å². The molecule has 0 spiro atoms. The summed E-state index contributed by atoms with van der Waals surface area (Å²) in [6.07, 6.45) is 3.62. The molecule has 1 aromatic carbocycles. The van der Waals surface area contributed by atoms with Gasteiger partial charge in [-0.15, -0.1) is 0 Å². The Hall–Kier alpha value is -1.62. The van der Waals surface area contributed by atoms with Gasteiger partial charge in [-0.05, 0) is 25.2 Å². The number of hydrogen-bond acceptors (Lipinski definition) is 5. The lowest BCUT2D eigenvalue weighted by molar-refractivity contribution is 0.789. The van der Waals surface area contributed by atoms with Crippen LogP contribution in [0.2, 0.25) is 0 Å². The molecule has 0 bridgehead atoms. The zero-order chi connectivity index (χ0) is 13.0. The quantitative estimate of drug-likeness (QED) is 0.854. The van der Waals surface area contributed by atoms with E-state index < -0.39 is 0 Å². The first-order valence-electron chi connectivity index (χ1n) is 5.77. The summed E-state index contributed by atoms with van der Waals surface area (Å²) < 4.78 is 0.